The van der Waals surface area contributed by atoms with Crippen LogP contribution >= 0.6 is 11.6 Å². The number of aliphatic hydroxyl groups is 1. The molecule has 0 bridgehead atoms. The van der Waals surface area contributed by atoms with Gasteiger partial charge in [0.1, 0.15) is 5.15 Å². The molecule has 0 spiro atoms. The Morgan fingerprint density at radius 2 is 2.14 bits per heavy atom. The molecule has 78 valence electrons. The second kappa shape index (κ2) is 4.28. The Bertz CT molecular complexity index is 297. The third kappa shape index (κ3) is 2.07. The van der Waals surface area contributed by atoms with E-state index in [1.807, 2.05) is 13.0 Å². The van der Waals surface area contributed by atoms with Crippen molar-refractivity contribution in [3.63, 3.8) is 0 Å². The molecule has 1 atom stereocenters. The highest BCUT2D eigenvalue weighted by Gasteiger charge is 2.29. The van der Waals surface area contributed by atoms with Gasteiger partial charge < -0.3 is 5.11 Å². The maximum atomic E-state index is 9.42. The van der Waals surface area contributed by atoms with Crippen LogP contribution in [0.4, 0.5) is 0 Å². The summed E-state index contributed by atoms with van der Waals surface area (Å²) in [5, 5.41) is 9.90. The van der Waals surface area contributed by atoms with E-state index in [1.165, 1.54) is 0 Å². The zero-order chi connectivity index (χ0) is 10.8. The van der Waals surface area contributed by atoms with Gasteiger partial charge in [-0.2, -0.15) is 0 Å². The molecular weight excluding hydrogens is 198 g/mol. The lowest BCUT2D eigenvalue weighted by Gasteiger charge is -2.31. The Morgan fingerprint density at radius 3 is 2.50 bits per heavy atom. The van der Waals surface area contributed by atoms with Crippen molar-refractivity contribution in [1.82, 2.24) is 4.98 Å². The summed E-state index contributed by atoms with van der Waals surface area (Å²) in [6, 6.07) is 3.68. The number of halogens is 1. The van der Waals surface area contributed by atoms with Crippen molar-refractivity contribution in [1.29, 1.82) is 0 Å². The van der Waals surface area contributed by atoms with Crippen LogP contribution in [0, 0.1) is 5.92 Å². The molecule has 0 aliphatic carbocycles. The predicted molar refractivity (Wildman–Crippen MR) is 58.5 cm³/mol. The van der Waals surface area contributed by atoms with Gasteiger partial charge in [-0.3, -0.25) is 0 Å². The molecule has 1 unspecified atom stereocenters. The van der Waals surface area contributed by atoms with Crippen LogP contribution in [0.2, 0.25) is 5.15 Å². The average molecular weight is 214 g/mol. The lowest BCUT2D eigenvalue weighted by atomic mass is 9.75. The quantitative estimate of drug-likeness (QED) is 0.784. The highest BCUT2D eigenvalue weighted by atomic mass is 35.5. The van der Waals surface area contributed by atoms with Crippen molar-refractivity contribution in [2.75, 3.05) is 6.61 Å². The third-order valence-electron chi connectivity index (χ3n) is 2.99. The summed E-state index contributed by atoms with van der Waals surface area (Å²) in [5.41, 5.74) is 0.789. The highest BCUT2D eigenvalue weighted by Crippen LogP contribution is 2.31. The molecule has 14 heavy (non-hydrogen) atoms. The Morgan fingerprint density at radius 1 is 1.50 bits per heavy atom. The average Bonchev–Trinajstić information content (AvgIpc) is 2.17. The van der Waals surface area contributed by atoms with E-state index in [0.29, 0.717) is 11.1 Å². The number of nitrogens with zero attached hydrogens (tertiary/aromatic N) is 1. The van der Waals surface area contributed by atoms with Gasteiger partial charge in [0.15, 0.2) is 0 Å². The summed E-state index contributed by atoms with van der Waals surface area (Å²) >= 11 is 5.71. The van der Waals surface area contributed by atoms with Gasteiger partial charge >= 0.3 is 0 Å². The minimum Gasteiger partial charge on any atom is -0.395 e. The fourth-order valence-electron chi connectivity index (χ4n) is 1.32. The smallest absolute Gasteiger partial charge is 0.129 e. The van der Waals surface area contributed by atoms with Crippen LogP contribution in [-0.4, -0.2) is 16.7 Å². The van der Waals surface area contributed by atoms with E-state index in [9.17, 15) is 5.11 Å². The van der Waals surface area contributed by atoms with Gasteiger partial charge in [0.2, 0.25) is 0 Å². The predicted octanol–water partition coefficient (Wildman–Crippen LogP) is 2.64. The molecule has 0 amide bonds. The highest BCUT2D eigenvalue weighted by molar-refractivity contribution is 6.29. The van der Waals surface area contributed by atoms with E-state index in [4.69, 9.17) is 11.6 Å². The topological polar surface area (TPSA) is 33.1 Å². The monoisotopic (exact) mass is 213 g/mol. The van der Waals surface area contributed by atoms with Gasteiger partial charge in [0.05, 0.1) is 6.61 Å². The minimum atomic E-state index is -0.239. The first-order valence-electron chi connectivity index (χ1n) is 4.73. The molecule has 1 aromatic heterocycles. The van der Waals surface area contributed by atoms with Gasteiger partial charge in [0.25, 0.3) is 0 Å². The number of hydrogen-bond acceptors (Lipinski definition) is 2. The van der Waals surface area contributed by atoms with Crippen LogP contribution in [0.5, 0.6) is 0 Å². The van der Waals surface area contributed by atoms with E-state index < -0.39 is 0 Å². The van der Waals surface area contributed by atoms with Crippen LogP contribution in [0.3, 0.4) is 0 Å². The molecular formula is C11H16ClNO. The van der Waals surface area contributed by atoms with Gasteiger partial charge in [-0.15, -0.1) is 0 Å². The van der Waals surface area contributed by atoms with Crippen molar-refractivity contribution < 1.29 is 5.11 Å². The molecule has 0 fully saturated rings. The molecule has 0 radical (unpaired) electrons. The van der Waals surface area contributed by atoms with Gasteiger partial charge in [0, 0.05) is 11.6 Å². The summed E-state index contributed by atoms with van der Waals surface area (Å²) in [7, 11) is 0. The van der Waals surface area contributed by atoms with Crippen molar-refractivity contribution >= 4 is 11.6 Å². The van der Waals surface area contributed by atoms with Crippen LogP contribution < -0.4 is 0 Å². The van der Waals surface area contributed by atoms with E-state index in [-0.39, 0.29) is 12.0 Å². The van der Waals surface area contributed by atoms with Crippen molar-refractivity contribution in [3.8, 4) is 0 Å². The first kappa shape index (κ1) is 11.5. The van der Waals surface area contributed by atoms with Gasteiger partial charge in [-0.05, 0) is 17.5 Å². The molecule has 0 saturated heterocycles. The molecule has 1 aromatic rings. The minimum absolute atomic E-state index is 0.119. The number of pyridine rings is 1. The van der Waals surface area contributed by atoms with Crippen LogP contribution in [0.1, 0.15) is 26.3 Å². The molecule has 2 nitrogen and oxygen atoms in total. The van der Waals surface area contributed by atoms with Crippen LogP contribution in [0.15, 0.2) is 18.3 Å². The zero-order valence-corrected chi connectivity index (χ0v) is 9.54. The molecule has 3 heteroatoms. The number of rotatable bonds is 3. The van der Waals surface area contributed by atoms with Gasteiger partial charge in [-0.25, -0.2) is 4.98 Å². The fraction of sp³-hybridized carbons (Fsp3) is 0.545. The number of hydrogen-bond donors (Lipinski definition) is 1. The fourth-order valence-corrected chi connectivity index (χ4v) is 1.43. The number of aliphatic hydroxyl groups excluding tert-OH is 1. The first-order chi connectivity index (χ1) is 6.50. The second-order valence-corrected chi connectivity index (χ2v) is 4.49. The Hall–Kier alpha value is -0.600. The maximum Gasteiger partial charge on any atom is 0.129 e. The summed E-state index contributed by atoms with van der Waals surface area (Å²) in [4.78, 5) is 4.03. The Labute approximate surface area is 89.9 Å². The molecule has 0 aliphatic heterocycles. The SMILES string of the molecule is CC(C)C(C)(CO)c1ccc(Cl)nc1. The standard InChI is InChI=1S/C11H16ClNO/c1-8(2)11(3,7-14)9-4-5-10(12)13-6-9/h4-6,8,14H,7H2,1-3H3. The summed E-state index contributed by atoms with van der Waals surface area (Å²) < 4.78 is 0. The van der Waals surface area contributed by atoms with E-state index >= 15 is 0 Å². The summed E-state index contributed by atoms with van der Waals surface area (Å²) in [6.45, 7) is 6.33. The molecule has 1 rings (SSSR count). The Balaban J connectivity index is 3.06. The van der Waals surface area contributed by atoms with Crippen molar-refractivity contribution in [2.45, 2.75) is 26.2 Å². The molecule has 1 N–H and O–H groups in total. The summed E-state index contributed by atoms with van der Waals surface area (Å²) in [5.74, 6) is 0.357. The van der Waals surface area contributed by atoms with E-state index in [0.717, 1.165) is 5.56 Å². The van der Waals surface area contributed by atoms with Crippen molar-refractivity contribution in [2.24, 2.45) is 5.92 Å². The first-order valence-corrected chi connectivity index (χ1v) is 5.11. The maximum absolute atomic E-state index is 9.42. The van der Waals surface area contributed by atoms with E-state index in [2.05, 4.69) is 18.8 Å². The zero-order valence-electron chi connectivity index (χ0n) is 8.79. The van der Waals surface area contributed by atoms with Crippen LogP contribution in [-0.2, 0) is 5.41 Å². The normalized spacial score (nSPS) is 15.6. The Kier molecular flexibility index (Phi) is 3.51. The lowest BCUT2D eigenvalue weighted by Crippen LogP contribution is -2.32. The molecule has 0 aliphatic rings. The van der Waals surface area contributed by atoms with E-state index in [1.54, 1.807) is 12.3 Å². The second-order valence-electron chi connectivity index (χ2n) is 4.10. The van der Waals surface area contributed by atoms with Crippen LogP contribution in [0.25, 0.3) is 0 Å². The largest absolute Gasteiger partial charge is 0.395 e. The molecule has 0 aromatic carbocycles. The summed E-state index contributed by atoms with van der Waals surface area (Å²) in [6.07, 6.45) is 1.73. The van der Waals surface area contributed by atoms with Gasteiger partial charge in [-0.1, -0.05) is 38.4 Å². The van der Waals surface area contributed by atoms with Crippen molar-refractivity contribution in [3.05, 3.63) is 29.0 Å². The molecule has 0 saturated carbocycles. The third-order valence-corrected chi connectivity index (χ3v) is 3.21. The lowest BCUT2D eigenvalue weighted by molar-refractivity contribution is 0.164. The molecule has 1 heterocycles. The number of aromatic nitrogens is 1.